The van der Waals surface area contributed by atoms with Crippen molar-refractivity contribution in [2.75, 3.05) is 6.61 Å². The molecule has 24 heavy (non-hydrogen) atoms. The molecule has 3 aromatic rings. The molecule has 1 aromatic carbocycles. The Morgan fingerprint density at radius 2 is 2.17 bits per heavy atom. The largest absolute Gasteiger partial charge is 0.493 e. The van der Waals surface area contributed by atoms with E-state index in [-0.39, 0.29) is 17.1 Å². The van der Waals surface area contributed by atoms with E-state index in [9.17, 15) is 14.9 Å². The molecule has 124 valence electrons. The first-order valence-electron chi connectivity index (χ1n) is 7.27. The fourth-order valence-corrected chi connectivity index (χ4v) is 2.57. The molecule has 0 radical (unpaired) electrons. The fraction of sp³-hybridized carbons (Fsp3) is 0.267. The van der Waals surface area contributed by atoms with Crippen molar-refractivity contribution in [2.45, 2.75) is 13.8 Å². The molecule has 2 aromatic heterocycles. The van der Waals surface area contributed by atoms with Gasteiger partial charge in [0.1, 0.15) is 17.0 Å². The van der Waals surface area contributed by atoms with Gasteiger partial charge in [0, 0.05) is 19.2 Å². The van der Waals surface area contributed by atoms with Gasteiger partial charge in [-0.05, 0) is 19.9 Å². The molecule has 0 bridgehead atoms. The number of ether oxygens (including phenoxy) is 1. The number of aryl methyl sites for hydroxylation is 2. The van der Waals surface area contributed by atoms with Gasteiger partial charge >= 0.3 is 0 Å². The summed E-state index contributed by atoms with van der Waals surface area (Å²) in [4.78, 5) is 30.0. The Morgan fingerprint density at radius 1 is 1.42 bits per heavy atom. The number of H-pyrrole nitrogens is 1. The highest BCUT2D eigenvalue weighted by molar-refractivity contribution is 5.80. The predicted octanol–water partition coefficient (Wildman–Crippen LogP) is 1.94. The van der Waals surface area contributed by atoms with Gasteiger partial charge in [-0.15, -0.1) is 0 Å². The van der Waals surface area contributed by atoms with Gasteiger partial charge in [-0.1, -0.05) is 0 Å². The van der Waals surface area contributed by atoms with Gasteiger partial charge in [-0.25, -0.2) is 9.67 Å². The average Bonchev–Trinajstić information content (AvgIpc) is 2.82. The minimum Gasteiger partial charge on any atom is -0.493 e. The molecule has 9 heteroatoms. The molecule has 1 N–H and O–H groups in total. The molecule has 0 fully saturated rings. The van der Waals surface area contributed by atoms with Crippen LogP contribution in [0.4, 0.5) is 5.69 Å². The molecule has 0 aliphatic carbocycles. The lowest BCUT2D eigenvalue weighted by Crippen LogP contribution is -2.11. The number of nitro groups is 1. The number of hydrogen-bond donors (Lipinski definition) is 1. The predicted molar refractivity (Wildman–Crippen MR) is 87.1 cm³/mol. The monoisotopic (exact) mass is 329 g/mol. The maximum Gasteiger partial charge on any atom is 0.270 e. The Morgan fingerprint density at radius 3 is 2.83 bits per heavy atom. The lowest BCUT2D eigenvalue weighted by atomic mass is 10.1. The third kappa shape index (κ3) is 2.49. The quantitative estimate of drug-likeness (QED) is 0.577. The van der Waals surface area contributed by atoms with Crippen molar-refractivity contribution in [3.8, 4) is 17.1 Å². The summed E-state index contributed by atoms with van der Waals surface area (Å²) in [7, 11) is 1.68. The molecule has 0 aliphatic heterocycles. The van der Waals surface area contributed by atoms with E-state index < -0.39 is 4.92 Å². The van der Waals surface area contributed by atoms with Crippen LogP contribution in [0.15, 0.2) is 23.0 Å². The van der Waals surface area contributed by atoms with E-state index in [0.717, 1.165) is 0 Å². The van der Waals surface area contributed by atoms with Gasteiger partial charge in [0.05, 0.1) is 22.8 Å². The Hall–Kier alpha value is -3.23. The second-order valence-corrected chi connectivity index (χ2v) is 5.19. The minimum atomic E-state index is -0.510. The number of hydrogen-bond acceptors (Lipinski definition) is 6. The lowest BCUT2D eigenvalue weighted by molar-refractivity contribution is -0.384. The summed E-state index contributed by atoms with van der Waals surface area (Å²) in [5, 5.41) is 15.6. The highest BCUT2D eigenvalue weighted by Gasteiger charge is 2.18. The maximum absolute atomic E-state index is 12.4. The van der Waals surface area contributed by atoms with E-state index in [4.69, 9.17) is 4.74 Å². The summed E-state index contributed by atoms with van der Waals surface area (Å²) in [6, 6.07) is 4.17. The van der Waals surface area contributed by atoms with Gasteiger partial charge in [-0.2, -0.15) is 5.10 Å². The zero-order valence-corrected chi connectivity index (χ0v) is 13.4. The first-order valence-corrected chi connectivity index (χ1v) is 7.27. The lowest BCUT2D eigenvalue weighted by Gasteiger charge is -2.09. The number of benzene rings is 1. The summed E-state index contributed by atoms with van der Waals surface area (Å²) in [5.74, 6) is 0.604. The van der Waals surface area contributed by atoms with E-state index in [0.29, 0.717) is 34.6 Å². The molecular formula is C15H15N5O4. The van der Waals surface area contributed by atoms with Crippen molar-refractivity contribution in [1.82, 2.24) is 19.7 Å². The molecule has 3 rings (SSSR count). The molecule has 0 amide bonds. The number of nitro benzene ring substituents is 1. The fourth-order valence-electron chi connectivity index (χ4n) is 2.57. The Labute approximate surface area is 136 Å². The van der Waals surface area contributed by atoms with E-state index in [1.54, 1.807) is 20.9 Å². The minimum absolute atomic E-state index is 0.114. The SMILES string of the molecule is CCOc1ccc([N+](=O)[O-])cc1-c1nc2c(c(C)nn2C)c(=O)[nH]1. The zero-order valence-electron chi connectivity index (χ0n) is 13.4. The molecule has 0 unspecified atom stereocenters. The molecule has 2 heterocycles. The summed E-state index contributed by atoms with van der Waals surface area (Å²) in [6.45, 7) is 3.90. The summed E-state index contributed by atoms with van der Waals surface area (Å²) in [5.41, 5.74) is 0.855. The van der Waals surface area contributed by atoms with Gasteiger partial charge in [0.15, 0.2) is 5.65 Å². The van der Waals surface area contributed by atoms with E-state index >= 15 is 0 Å². The number of nitrogens with zero attached hydrogens (tertiary/aromatic N) is 4. The van der Waals surface area contributed by atoms with Crippen molar-refractivity contribution in [3.05, 3.63) is 44.4 Å². The second-order valence-electron chi connectivity index (χ2n) is 5.19. The Balaban J connectivity index is 2.29. The summed E-state index contributed by atoms with van der Waals surface area (Å²) < 4.78 is 7.01. The van der Waals surface area contributed by atoms with Gasteiger partial charge < -0.3 is 9.72 Å². The van der Waals surface area contributed by atoms with Gasteiger partial charge in [-0.3, -0.25) is 14.9 Å². The summed E-state index contributed by atoms with van der Waals surface area (Å²) >= 11 is 0. The number of fused-ring (bicyclic) bond motifs is 1. The van der Waals surface area contributed by atoms with Crippen LogP contribution in [-0.4, -0.2) is 31.3 Å². The van der Waals surface area contributed by atoms with Crippen LogP contribution in [0.3, 0.4) is 0 Å². The first kappa shape index (κ1) is 15.7. The number of rotatable bonds is 4. The highest BCUT2D eigenvalue weighted by atomic mass is 16.6. The third-order valence-corrected chi connectivity index (χ3v) is 3.60. The molecule has 0 saturated heterocycles. The average molecular weight is 329 g/mol. The van der Waals surface area contributed by atoms with Crippen molar-refractivity contribution >= 4 is 16.7 Å². The van der Waals surface area contributed by atoms with Crippen LogP contribution in [0, 0.1) is 17.0 Å². The number of aromatic amines is 1. The Bertz CT molecular complexity index is 1010. The Kier molecular flexibility index (Phi) is 3.76. The standard InChI is InChI=1S/C15H15N5O4/c1-4-24-11-6-5-9(20(22)23)7-10(11)13-16-14-12(15(21)17-13)8(2)18-19(14)3/h5-7H,4H2,1-3H3,(H,16,17,21). The van der Waals surface area contributed by atoms with Crippen LogP contribution in [0.2, 0.25) is 0 Å². The van der Waals surface area contributed by atoms with Crippen LogP contribution >= 0.6 is 0 Å². The third-order valence-electron chi connectivity index (χ3n) is 3.60. The molecule has 0 spiro atoms. The number of aromatic nitrogens is 4. The van der Waals surface area contributed by atoms with E-state index in [1.165, 1.54) is 22.9 Å². The highest BCUT2D eigenvalue weighted by Crippen LogP contribution is 2.31. The van der Waals surface area contributed by atoms with E-state index in [2.05, 4.69) is 15.1 Å². The zero-order chi connectivity index (χ0) is 17.4. The number of nitrogens with one attached hydrogen (secondary N) is 1. The van der Waals surface area contributed by atoms with Crippen molar-refractivity contribution in [2.24, 2.45) is 7.05 Å². The smallest absolute Gasteiger partial charge is 0.270 e. The van der Waals surface area contributed by atoms with Crippen molar-refractivity contribution in [1.29, 1.82) is 0 Å². The van der Waals surface area contributed by atoms with Crippen LogP contribution in [-0.2, 0) is 7.05 Å². The van der Waals surface area contributed by atoms with Crippen LogP contribution in [0.5, 0.6) is 5.75 Å². The normalized spacial score (nSPS) is 11.0. The molecule has 0 atom stereocenters. The van der Waals surface area contributed by atoms with Gasteiger partial charge in [0.25, 0.3) is 11.2 Å². The number of non-ortho nitro benzene ring substituents is 1. The second kappa shape index (κ2) is 5.76. The van der Waals surface area contributed by atoms with Gasteiger partial charge in [0.2, 0.25) is 0 Å². The molecule has 0 saturated carbocycles. The van der Waals surface area contributed by atoms with Crippen molar-refractivity contribution < 1.29 is 9.66 Å². The van der Waals surface area contributed by atoms with E-state index in [1.807, 2.05) is 0 Å². The van der Waals surface area contributed by atoms with Crippen LogP contribution in [0.25, 0.3) is 22.4 Å². The van der Waals surface area contributed by atoms with Crippen molar-refractivity contribution in [3.63, 3.8) is 0 Å². The topological polar surface area (TPSA) is 116 Å². The molecule has 9 nitrogen and oxygen atoms in total. The molecule has 0 aliphatic rings. The first-order chi connectivity index (χ1) is 11.4. The van der Waals surface area contributed by atoms with Crippen LogP contribution < -0.4 is 10.3 Å². The molecular weight excluding hydrogens is 314 g/mol. The van der Waals surface area contributed by atoms with Crippen LogP contribution in [0.1, 0.15) is 12.6 Å². The maximum atomic E-state index is 12.4. The summed E-state index contributed by atoms with van der Waals surface area (Å²) in [6.07, 6.45) is 0.